The molecule has 0 aliphatic carbocycles. The van der Waals surface area contributed by atoms with Gasteiger partial charge >= 0.3 is 5.97 Å². The number of esters is 1. The summed E-state index contributed by atoms with van der Waals surface area (Å²) in [6, 6.07) is 1.20. The lowest BCUT2D eigenvalue weighted by Gasteiger charge is -2.21. The van der Waals surface area contributed by atoms with Crippen LogP contribution in [0.25, 0.3) is 5.78 Å². The van der Waals surface area contributed by atoms with Crippen LogP contribution in [0.1, 0.15) is 19.8 Å². The van der Waals surface area contributed by atoms with Crippen molar-refractivity contribution in [2.45, 2.75) is 24.9 Å². The number of fused-ring (bicyclic) bond motifs is 2. The third-order valence-electron chi connectivity index (χ3n) is 4.63. The number of hydrazine groups is 1. The molecule has 2 aliphatic rings. The number of rotatable bonds is 4. The molecule has 0 saturated carbocycles. The van der Waals surface area contributed by atoms with Crippen molar-refractivity contribution in [1.82, 2.24) is 29.6 Å². The topological polar surface area (TPSA) is 95.8 Å². The highest BCUT2D eigenvalue weighted by Crippen LogP contribution is 2.34. The fraction of sp³-hybridized carbons (Fsp3) is 0.600. The van der Waals surface area contributed by atoms with Crippen molar-refractivity contribution in [3.8, 4) is 5.88 Å². The number of aromatic nitrogens is 4. The smallest absolute Gasteiger partial charge is 0.313 e. The second-order valence-corrected chi connectivity index (χ2v) is 7.69. The van der Waals surface area contributed by atoms with Gasteiger partial charge in [-0.05, 0) is 12.7 Å². The van der Waals surface area contributed by atoms with Crippen LogP contribution in [0.5, 0.6) is 5.88 Å². The average molecular weight is 364 g/mol. The van der Waals surface area contributed by atoms with Crippen molar-refractivity contribution in [1.29, 1.82) is 0 Å². The monoisotopic (exact) mass is 364 g/mol. The van der Waals surface area contributed by atoms with E-state index in [2.05, 4.69) is 32.0 Å². The van der Waals surface area contributed by atoms with Gasteiger partial charge in [-0.1, -0.05) is 18.7 Å². The highest BCUT2D eigenvalue weighted by Gasteiger charge is 2.43. The standard InChI is InChI=1S/C15H20N6O3S/c1-15(8-19-4-3-5-20(19)9-15)7-12(23)24-10-6-11(22)21-13(16-10)17-14(18-21)25-2/h6H,3-5,7-9H2,1-2H3,(H,16,17,18). The van der Waals surface area contributed by atoms with E-state index in [-0.39, 0.29) is 35.0 Å². The lowest BCUT2D eigenvalue weighted by molar-refractivity contribution is -0.136. The van der Waals surface area contributed by atoms with E-state index in [1.165, 1.54) is 28.8 Å². The molecule has 1 N–H and O–H groups in total. The van der Waals surface area contributed by atoms with Crippen molar-refractivity contribution in [2.75, 3.05) is 32.4 Å². The first-order valence-electron chi connectivity index (χ1n) is 8.20. The van der Waals surface area contributed by atoms with Gasteiger partial charge in [0.05, 0.1) is 12.5 Å². The van der Waals surface area contributed by atoms with Gasteiger partial charge in [-0.25, -0.2) is 10.0 Å². The van der Waals surface area contributed by atoms with Crippen LogP contribution in [0.4, 0.5) is 0 Å². The van der Waals surface area contributed by atoms with Crippen molar-refractivity contribution in [3.63, 3.8) is 0 Å². The van der Waals surface area contributed by atoms with Crippen molar-refractivity contribution in [2.24, 2.45) is 5.41 Å². The van der Waals surface area contributed by atoms with Crippen molar-refractivity contribution in [3.05, 3.63) is 16.4 Å². The Labute approximate surface area is 148 Å². The number of H-pyrrole nitrogens is 1. The van der Waals surface area contributed by atoms with Gasteiger partial charge in [0.2, 0.25) is 5.88 Å². The van der Waals surface area contributed by atoms with Crippen LogP contribution in [0.3, 0.4) is 0 Å². The van der Waals surface area contributed by atoms with E-state index in [1.54, 1.807) is 0 Å². The number of hydrogen-bond acceptors (Lipinski definition) is 8. The van der Waals surface area contributed by atoms with Crippen LogP contribution >= 0.6 is 11.8 Å². The molecule has 2 fully saturated rings. The number of aromatic amines is 1. The summed E-state index contributed by atoms with van der Waals surface area (Å²) in [6.45, 7) is 5.91. The molecule has 4 heterocycles. The molecule has 0 bridgehead atoms. The summed E-state index contributed by atoms with van der Waals surface area (Å²) in [6.07, 6.45) is 3.31. The largest absolute Gasteiger partial charge is 0.407 e. The van der Waals surface area contributed by atoms with Crippen LogP contribution in [0, 0.1) is 5.41 Å². The normalized spacial score (nSPS) is 20.2. The summed E-state index contributed by atoms with van der Waals surface area (Å²) in [4.78, 5) is 32.8. The number of thioether (sulfide) groups is 1. The quantitative estimate of drug-likeness (QED) is 0.614. The van der Waals surface area contributed by atoms with Gasteiger partial charge in [-0.3, -0.25) is 14.7 Å². The fourth-order valence-corrected chi connectivity index (χ4v) is 3.96. The average Bonchev–Trinajstić information content (AvgIpc) is 3.19. The molecule has 2 saturated heterocycles. The maximum atomic E-state index is 12.4. The predicted octanol–water partition coefficient (Wildman–Crippen LogP) is 0.378. The summed E-state index contributed by atoms with van der Waals surface area (Å²) in [5.74, 6) is -0.184. The summed E-state index contributed by atoms with van der Waals surface area (Å²) in [7, 11) is 0. The maximum absolute atomic E-state index is 12.4. The van der Waals surface area contributed by atoms with Gasteiger partial charge in [0.1, 0.15) is 0 Å². The van der Waals surface area contributed by atoms with Crippen molar-refractivity contribution >= 4 is 23.5 Å². The van der Waals surface area contributed by atoms with Crippen LogP contribution < -0.4 is 10.3 Å². The first-order valence-corrected chi connectivity index (χ1v) is 9.43. The molecule has 0 amide bonds. The number of nitrogens with one attached hydrogen (secondary N) is 1. The zero-order valence-corrected chi connectivity index (χ0v) is 15.0. The van der Waals surface area contributed by atoms with E-state index in [0.29, 0.717) is 5.16 Å². The second-order valence-electron chi connectivity index (χ2n) is 6.89. The van der Waals surface area contributed by atoms with Crippen molar-refractivity contribution < 1.29 is 9.53 Å². The molecule has 0 radical (unpaired) electrons. The third-order valence-corrected chi connectivity index (χ3v) is 5.20. The number of hydrogen-bond donors (Lipinski definition) is 1. The highest BCUT2D eigenvalue weighted by molar-refractivity contribution is 7.98. The molecule has 0 aromatic carbocycles. The molecule has 2 aromatic rings. The molecular weight excluding hydrogens is 344 g/mol. The Balaban J connectivity index is 1.47. The highest BCUT2D eigenvalue weighted by atomic mass is 32.2. The first-order chi connectivity index (χ1) is 12.0. The number of carbonyl (C=O) groups is 1. The van der Waals surface area contributed by atoms with E-state index in [9.17, 15) is 9.59 Å². The molecular formula is C15H20N6O3S. The molecule has 134 valence electrons. The Morgan fingerprint density at radius 1 is 1.36 bits per heavy atom. The number of ether oxygens (including phenoxy) is 1. The molecule has 0 spiro atoms. The molecule has 9 nitrogen and oxygen atoms in total. The van der Waals surface area contributed by atoms with Crippen LogP contribution in [-0.2, 0) is 4.79 Å². The van der Waals surface area contributed by atoms with Gasteiger partial charge in [0.25, 0.3) is 11.3 Å². The van der Waals surface area contributed by atoms with E-state index in [0.717, 1.165) is 26.2 Å². The van der Waals surface area contributed by atoms with Gasteiger partial charge < -0.3 is 4.74 Å². The maximum Gasteiger partial charge on any atom is 0.313 e. The minimum atomic E-state index is -0.373. The molecule has 0 atom stereocenters. The summed E-state index contributed by atoms with van der Waals surface area (Å²) in [5, 5.41) is 8.00. The minimum Gasteiger partial charge on any atom is -0.407 e. The lowest BCUT2D eigenvalue weighted by atomic mass is 9.87. The van der Waals surface area contributed by atoms with E-state index < -0.39 is 0 Å². The van der Waals surface area contributed by atoms with Crippen LogP contribution in [0.15, 0.2) is 16.0 Å². The third kappa shape index (κ3) is 3.16. The number of carbonyl (C=O) groups excluding carboxylic acids is 1. The fourth-order valence-electron chi connectivity index (χ4n) is 3.61. The van der Waals surface area contributed by atoms with Gasteiger partial charge in [-0.2, -0.15) is 14.5 Å². The SMILES string of the molecule is CSc1nc2nc(OC(=O)CC3(C)CN4CCCN4C3)cc(=O)n2[nH]1. The second kappa shape index (κ2) is 6.11. The molecule has 25 heavy (non-hydrogen) atoms. The van der Waals surface area contributed by atoms with E-state index in [4.69, 9.17) is 4.74 Å². The Morgan fingerprint density at radius 3 is 2.76 bits per heavy atom. The lowest BCUT2D eigenvalue weighted by Crippen LogP contribution is -2.30. The summed E-state index contributed by atoms with van der Waals surface area (Å²) >= 11 is 1.37. The zero-order chi connectivity index (χ0) is 17.6. The molecule has 0 unspecified atom stereocenters. The number of nitrogens with zero attached hydrogens (tertiary/aromatic N) is 5. The molecule has 10 heteroatoms. The Bertz CT molecular complexity index is 866. The summed E-state index contributed by atoms with van der Waals surface area (Å²) in [5.41, 5.74) is -0.505. The van der Waals surface area contributed by atoms with Gasteiger partial charge in [0, 0.05) is 31.6 Å². The molecule has 2 aliphatic heterocycles. The first kappa shape index (κ1) is 16.6. The minimum absolute atomic E-state index is 0.00319. The molecule has 4 rings (SSSR count). The molecule has 2 aromatic heterocycles. The van der Waals surface area contributed by atoms with Gasteiger partial charge in [0.15, 0.2) is 5.16 Å². The van der Waals surface area contributed by atoms with E-state index in [1.807, 2.05) is 6.26 Å². The van der Waals surface area contributed by atoms with E-state index >= 15 is 0 Å². The predicted molar refractivity (Wildman–Crippen MR) is 91.5 cm³/mol. The van der Waals surface area contributed by atoms with Crippen LogP contribution in [0.2, 0.25) is 0 Å². The summed E-state index contributed by atoms with van der Waals surface area (Å²) < 4.78 is 6.56. The zero-order valence-electron chi connectivity index (χ0n) is 14.2. The van der Waals surface area contributed by atoms with Crippen LogP contribution in [-0.4, -0.2) is 68.0 Å². The Kier molecular flexibility index (Phi) is 4.05. The van der Waals surface area contributed by atoms with Gasteiger partial charge in [-0.15, -0.1) is 0 Å². The Hall–Kier alpha value is -1.91. The Morgan fingerprint density at radius 2 is 2.08 bits per heavy atom.